The zero-order valence-corrected chi connectivity index (χ0v) is 18.1. The van der Waals surface area contributed by atoms with Crippen molar-refractivity contribution in [1.29, 1.82) is 0 Å². The number of hydrogen-bond donors (Lipinski definition) is 1. The topological polar surface area (TPSA) is 129 Å². The number of pyridine rings is 1. The Kier molecular flexibility index (Phi) is 5.77. The molecule has 2 aliphatic rings. The summed E-state index contributed by atoms with van der Waals surface area (Å²) in [6.45, 7) is 1.09. The average molecular weight is 464 g/mol. The maximum Gasteiger partial charge on any atom is 0.263 e. The molecule has 12 heteroatoms. The number of nitrogens with one attached hydrogen (secondary N) is 1. The van der Waals surface area contributed by atoms with Gasteiger partial charge in [0.1, 0.15) is 10.7 Å². The molecule has 1 fully saturated rings. The number of aromatic nitrogens is 1. The van der Waals surface area contributed by atoms with Crippen molar-refractivity contribution in [2.24, 2.45) is 4.99 Å². The van der Waals surface area contributed by atoms with Gasteiger partial charge >= 0.3 is 0 Å². The third-order valence-corrected chi connectivity index (χ3v) is 8.40. The molecule has 4 rings (SSSR count). The first-order valence-electron chi connectivity index (χ1n) is 9.64. The summed E-state index contributed by atoms with van der Waals surface area (Å²) in [4.78, 5) is 22.5. The smallest absolute Gasteiger partial charge is 0.263 e. The first-order chi connectivity index (χ1) is 14.8. The molecule has 164 valence electrons. The molecule has 1 saturated heterocycles. The molecule has 0 saturated carbocycles. The molecule has 1 amide bonds. The highest BCUT2D eigenvalue weighted by Crippen LogP contribution is 2.22. The molecule has 0 radical (unpaired) electrons. The van der Waals surface area contributed by atoms with Gasteiger partial charge in [-0.05, 0) is 24.3 Å². The average Bonchev–Trinajstić information content (AvgIpc) is 3.04. The Balaban J connectivity index is 1.33. The highest BCUT2D eigenvalue weighted by atomic mass is 32.2. The number of carbonyl (C=O) groups excluding carboxylic acids is 1. The molecule has 10 nitrogen and oxygen atoms in total. The molecule has 1 N–H and O–H groups in total. The van der Waals surface area contributed by atoms with Gasteiger partial charge in [-0.2, -0.15) is 4.31 Å². The molecular formula is C19H21N5O5S2. The molecule has 0 spiro atoms. The van der Waals surface area contributed by atoms with Crippen molar-refractivity contribution in [2.45, 2.75) is 16.2 Å². The first-order valence-corrected chi connectivity index (χ1v) is 12.6. The zero-order chi connectivity index (χ0) is 22.1. The van der Waals surface area contributed by atoms with E-state index >= 15 is 0 Å². The van der Waals surface area contributed by atoms with Gasteiger partial charge in [0.25, 0.3) is 10.0 Å². The van der Waals surface area contributed by atoms with Gasteiger partial charge in [-0.1, -0.05) is 12.1 Å². The maximum atomic E-state index is 12.6. The molecule has 0 bridgehead atoms. The molecule has 2 aliphatic heterocycles. The Morgan fingerprint density at radius 3 is 2.55 bits per heavy atom. The molecule has 0 aliphatic carbocycles. The minimum Gasteiger partial charge on any atom is -0.340 e. The van der Waals surface area contributed by atoms with Crippen LogP contribution < -0.4 is 4.72 Å². The number of piperazine rings is 1. The van der Waals surface area contributed by atoms with Crippen molar-refractivity contribution in [3.8, 4) is 0 Å². The van der Waals surface area contributed by atoms with E-state index in [0.29, 0.717) is 5.56 Å². The van der Waals surface area contributed by atoms with Crippen LogP contribution in [-0.4, -0.2) is 75.5 Å². The number of rotatable bonds is 5. The van der Waals surface area contributed by atoms with Crippen LogP contribution in [-0.2, 0) is 24.8 Å². The minimum absolute atomic E-state index is 0.1000. The van der Waals surface area contributed by atoms with Gasteiger partial charge in [0.05, 0.1) is 11.4 Å². The third kappa shape index (κ3) is 4.31. The number of amidine groups is 1. The molecule has 1 aromatic heterocycles. The van der Waals surface area contributed by atoms with Gasteiger partial charge in [0.2, 0.25) is 15.9 Å². The fourth-order valence-electron chi connectivity index (χ4n) is 3.50. The van der Waals surface area contributed by atoms with Crippen molar-refractivity contribution in [2.75, 3.05) is 32.7 Å². The van der Waals surface area contributed by atoms with Crippen molar-refractivity contribution < 1.29 is 21.6 Å². The lowest BCUT2D eigenvalue weighted by Crippen LogP contribution is -2.50. The maximum absolute atomic E-state index is 12.6. The number of amides is 1. The second kappa shape index (κ2) is 8.36. The predicted octanol–water partition coefficient (Wildman–Crippen LogP) is 0.0433. The van der Waals surface area contributed by atoms with Crippen LogP contribution in [0.4, 0.5) is 0 Å². The van der Waals surface area contributed by atoms with Crippen LogP contribution in [0.3, 0.4) is 0 Å². The standard InChI is InChI=1S/C19H21N5O5S2/c25-18(7-9-21-19-16-5-1-2-6-17(16)30(26,27)22-19)23-10-12-24(13-11-23)31(28,29)15-4-3-8-20-14-15/h1-6,8,14H,7,9-13H2,(H,21,22). The number of sulfonamides is 2. The Bertz CT molecular complexity index is 1220. The van der Waals surface area contributed by atoms with Crippen molar-refractivity contribution in [3.05, 3.63) is 54.4 Å². The van der Waals surface area contributed by atoms with Crippen molar-refractivity contribution in [3.63, 3.8) is 0 Å². The lowest BCUT2D eigenvalue weighted by atomic mass is 10.2. The fraction of sp³-hybridized carbons (Fsp3) is 0.316. The van der Waals surface area contributed by atoms with Crippen LogP contribution in [0.25, 0.3) is 0 Å². The Labute approximate surface area is 180 Å². The van der Waals surface area contributed by atoms with E-state index in [1.165, 1.54) is 28.8 Å². The molecule has 3 heterocycles. The minimum atomic E-state index is -3.63. The molecule has 1 aromatic carbocycles. The summed E-state index contributed by atoms with van der Waals surface area (Å²) in [5.74, 6) is 0.0766. The lowest BCUT2D eigenvalue weighted by Gasteiger charge is -2.33. The summed E-state index contributed by atoms with van der Waals surface area (Å²) in [6, 6.07) is 9.59. The van der Waals surface area contributed by atoms with Gasteiger partial charge in [0.15, 0.2) is 0 Å². The first kappa shape index (κ1) is 21.4. The number of hydrogen-bond acceptors (Lipinski definition) is 7. The van der Waals surface area contributed by atoms with Gasteiger partial charge < -0.3 is 4.90 Å². The summed E-state index contributed by atoms with van der Waals surface area (Å²) in [5, 5.41) is 0. The van der Waals surface area contributed by atoms with Crippen LogP contribution >= 0.6 is 0 Å². The van der Waals surface area contributed by atoms with E-state index in [0.717, 1.165) is 0 Å². The normalized spacial score (nSPS) is 19.7. The number of aliphatic imine (C=N–C) groups is 1. The summed E-state index contributed by atoms with van der Waals surface area (Å²) in [7, 11) is -7.24. The summed E-state index contributed by atoms with van der Waals surface area (Å²) in [6.07, 6.45) is 2.91. The van der Waals surface area contributed by atoms with Crippen LogP contribution in [0.5, 0.6) is 0 Å². The van der Waals surface area contributed by atoms with Crippen LogP contribution in [0.1, 0.15) is 12.0 Å². The fourth-order valence-corrected chi connectivity index (χ4v) is 6.14. The summed E-state index contributed by atoms with van der Waals surface area (Å²) in [5.41, 5.74) is 0.490. The van der Waals surface area contributed by atoms with E-state index in [1.807, 2.05) is 0 Å². The Hall–Kier alpha value is -2.83. The zero-order valence-electron chi connectivity index (χ0n) is 16.5. The van der Waals surface area contributed by atoms with Gasteiger partial charge in [-0.15, -0.1) is 0 Å². The Morgan fingerprint density at radius 1 is 1.10 bits per heavy atom. The Morgan fingerprint density at radius 2 is 1.84 bits per heavy atom. The van der Waals surface area contributed by atoms with E-state index in [1.54, 1.807) is 29.2 Å². The molecule has 0 atom stereocenters. The third-order valence-electron chi connectivity index (χ3n) is 5.12. The molecular weight excluding hydrogens is 442 g/mol. The van der Waals surface area contributed by atoms with E-state index in [4.69, 9.17) is 0 Å². The van der Waals surface area contributed by atoms with Crippen molar-refractivity contribution in [1.82, 2.24) is 18.9 Å². The largest absolute Gasteiger partial charge is 0.340 e. The van der Waals surface area contributed by atoms with Crippen LogP contribution in [0, 0.1) is 0 Å². The summed E-state index contributed by atoms with van der Waals surface area (Å²) < 4.78 is 53.2. The van der Waals surface area contributed by atoms with E-state index in [-0.39, 0.29) is 60.7 Å². The molecule has 0 unspecified atom stereocenters. The van der Waals surface area contributed by atoms with Crippen LogP contribution in [0.15, 0.2) is 63.6 Å². The highest BCUT2D eigenvalue weighted by Gasteiger charge is 2.31. The molecule has 31 heavy (non-hydrogen) atoms. The second-order valence-corrected chi connectivity index (χ2v) is 10.6. The summed E-state index contributed by atoms with van der Waals surface area (Å²) >= 11 is 0. The number of nitrogens with zero attached hydrogens (tertiary/aromatic N) is 4. The van der Waals surface area contributed by atoms with E-state index in [9.17, 15) is 21.6 Å². The quantitative estimate of drug-likeness (QED) is 0.667. The van der Waals surface area contributed by atoms with Crippen molar-refractivity contribution >= 4 is 31.8 Å². The SMILES string of the molecule is O=C(CCN=C1NS(=O)(=O)c2ccccc21)N1CCN(S(=O)(=O)c2cccnc2)CC1. The second-order valence-electron chi connectivity index (χ2n) is 7.06. The molecule has 2 aromatic rings. The predicted molar refractivity (Wildman–Crippen MR) is 112 cm³/mol. The lowest BCUT2D eigenvalue weighted by molar-refractivity contribution is -0.132. The number of fused-ring (bicyclic) bond motifs is 1. The highest BCUT2D eigenvalue weighted by molar-refractivity contribution is 7.90. The number of benzene rings is 1. The van der Waals surface area contributed by atoms with E-state index < -0.39 is 20.0 Å². The van der Waals surface area contributed by atoms with Gasteiger partial charge in [0, 0.05) is 50.6 Å². The number of carbonyl (C=O) groups is 1. The monoisotopic (exact) mass is 463 g/mol. The van der Waals surface area contributed by atoms with Gasteiger partial charge in [-0.25, -0.2) is 16.8 Å². The van der Waals surface area contributed by atoms with Gasteiger partial charge in [-0.3, -0.25) is 19.5 Å². The van der Waals surface area contributed by atoms with Crippen LogP contribution in [0.2, 0.25) is 0 Å². The van der Waals surface area contributed by atoms with E-state index in [2.05, 4.69) is 14.7 Å².